The molecule has 1 aliphatic heterocycles. The van der Waals surface area contributed by atoms with Crippen molar-refractivity contribution in [1.82, 2.24) is 9.73 Å². The second-order valence-corrected chi connectivity index (χ2v) is 9.36. The Kier molecular flexibility index (Phi) is 7.53. The third-order valence-electron chi connectivity index (χ3n) is 5.07. The van der Waals surface area contributed by atoms with Crippen LogP contribution in [0.25, 0.3) is 0 Å². The Morgan fingerprint density at radius 1 is 1.10 bits per heavy atom. The van der Waals surface area contributed by atoms with Crippen LogP contribution in [0.3, 0.4) is 0 Å². The molecule has 1 heterocycles. The van der Waals surface area contributed by atoms with Gasteiger partial charge in [-0.25, -0.2) is 13.8 Å². The van der Waals surface area contributed by atoms with Gasteiger partial charge in [-0.3, -0.25) is 4.79 Å². The lowest BCUT2D eigenvalue weighted by molar-refractivity contribution is -0.126. The second-order valence-electron chi connectivity index (χ2n) is 6.98. The van der Waals surface area contributed by atoms with Crippen LogP contribution in [0.5, 0.6) is 11.5 Å². The number of amides is 1. The fourth-order valence-corrected chi connectivity index (χ4v) is 4.90. The van der Waals surface area contributed by atoms with E-state index in [1.54, 1.807) is 44.6 Å². The molecule has 0 saturated carbocycles. The minimum absolute atomic E-state index is 0.194. The maximum Gasteiger partial charge on any atom is 0.243 e. The molecule has 0 radical (unpaired) electrons. The lowest BCUT2D eigenvalue weighted by Crippen LogP contribution is -2.42. The first-order valence-electron chi connectivity index (χ1n) is 9.66. The molecule has 1 N–H and O–H groups in total. The molecule has 3 rings (SSSR count). The number of ether oxygens (including phenoxy) is 2. The van der Waals surface area contributed by atoms with Crippen molar-refractivity contribution in [3.05, 3.63) is 53.1 Å². The Balaban J connectivity index is 1.54. The molecule has 31 heavy (non-hydrogen) atoms. The number of benzene rings is 2. The van der Waals surface area contributed by atoms with Gasteiger partial charge in [-0.2, -0.15) is 9.41 Å². The zero-order chi connectivity index (χ0) is 22.4. The van der Waals surface area contributed by atoms with E-state index in [4.69, 9.17) is 21.1 Å². The van der Waals surface area contributed by atoms with Crippen LogP contribution in [0.4, 0.5) is 0 Å². The van der Waals surface area contributed by atoms with E-state index >= 15 is 0 Å². The van der Waals surface area contributed by atoms with E-state index < -0.39 is 10.0 Å². The molecule has 8 nitrogen and oxygen atoms in total. The number of hydrogen-bond donors (Lipinski definition) is 1. The molecule has 0 bridgehead atoms. The van der Waals surface area contributed by atoms with Crippen LogP contribution in [0.1, 0.15) is 18.4 Å². The van der Waals surface area contributed by atoms with Crippen molar-refractivity contribution in [2.24, 2.45) is 11.0 Å². The van der Waals surface area contributed by atoms with Gasteiger partial charge < -0.3 is 9.47 Å². The normalized spacial score (nSPS) is 15.7. The van der Waals surface area contributed by atoms with Gasteiger partial charge in [-0.05, 0) is 60.9 Å². The van der Waals surface area contributed by atoms with E-state index in [-0.39, 0.29) is 29.8 Å². The molecule has 0 aliphatic carbocycles. The molecule has 2 aromatic rings. The number of methoxy groups -OCH3 is 2. The van der Waals surface area contributed by atoms with Gasteiger partial charge in [0.25, 0.3) is 0 Å². The van der Waals surface area contributed by atoms with Crippen LogP contribution < -0.4 is 14.9 Å². The first kappa shape index (κ1) is 23.1. The van der Waals surface area contributed by atoms with Gasteiger partial charge in [0.2, 0.25) is 15.9 Å². The number of nitrogens with zero attached hydrogens (tertiary/aromatic N) is 2. The Hall–Kier alpha value is -2.62. The van der Waals surface area contributed by atoms with Gasteiger partial charge in [0.1, 0.15) is 0 Å². The number of hydrogen-bond acceptors (Lipinski definition) is 6. The third kappa shape index (κ3) is 5.55. The molecule has 10 heteroatoms. The topological polar surface area (TPSA) is 97.3 Å². The molecular formula is C21H24ClN3O5S. The first-order valence-corrected chi connectivity index (χ1v) is 11.5. The standard InChI is InChI=1S/C21H24ClN3O5S/c1-29-19-8-3-15(13-20(19)30-2)14-23-24-21(26)16-9-11-25(12-10-16)31(27,28)18-6-4-17(22)5-7-18/h3-8,13-14,16H,9-12H2,1-2H3,(H,24,26). The molecule has 0 atom stereocenters. The summed E-state index contributed by atoms with van der Waals surface area (Å²) in [4.78, 5) is 12.6. The number of halogens is 1. The summed E-state index contributed by atoms with van der Waals surface area (Å²) in [6.45, 7) is 0.533. The third-order valence-corrected chi connectivity index (χ3v) is 7.24. The first-order chi connectivity index (χ1) is 14.8. The number of carbonyl (C=O) groups excluding carboxylic acids is 1. The van der Waals surface area contributed by atoms with Crippen molar-refractivity contribution < 1.29 is 22.7 Å². The number of rotatable bonds is 7. The number of piperidine rings is 1. The summed E-state index contributed by atoms with van der Waals surface area (Å²) in [5, 5.41) is 4.48. The summed E-state index contributed by atoms with van der Waals surface area (Å²) in [6, 6.07) is 11.3. The maximum absolute atomic E-state index is 12.7. The van der Waals surface area contributed by atoms with Crippen molar-refractivity contribution in [1.29, 1.82) is 0 Å². The van der Waals surface area contributed by atoms with Crippen LogP contribution >= 0.6 is 11.6 Å². The Morgan fingerprint density at radius 3 is 2.35 bits per heavy atom. The molecule has 1 aliphatic rings. The van der Waals surface area contributed by atoms with Gasteiger partial charge in [-0.1, -0.05) is 11.6 Å². The molecule has 1 saturated heterocycles. The van der Waals surface area contributed by atoms with E-state index in [2.05, 4.69) is 10.5 Å². The van der Waals surface area contributed by atoms with E-state index in [1.807, 2.05) is 0 Å². The number of sulfonamides is 1. The van der Waals surface area contributed by atoms with Crippen molar-refractivity contribution in [2.45, 2.75) is 17.7 Å². The van der Waals surface area contributed by atoms with Crippen LogP contribution in [-0.4, -0.2) is 52.2 Å². The zero-order valence-electron chi connectivity index (χ0n) is 17.2. The van der Waals surface area contributed by atoms with Crippen LogP contribution in [-0.2, 0) is 14.8 Å². The highest BCUT2D eigenvalue weighted by molar-refractivity contribution is 7.89. The van der Waals surface area contributed by atoms with E-state index in [9.17, 15) is 13.2 Å². The Bertz CT molecular complexity index is 1050. The van der Waals surface area contributed by atoms with Crippen molar-refractivity contribution in [3.63, 3.8) is 0 Å². The summed E-state index contributed by atoms with van der Waals surface area (Å²) in [5.74, 6) is 0.621. The number of nitrogens with one attached hydrogen (secondary N) is 1. The molecule has 2 aromatic carbocycles. The largest absolute Gasteiger partial charge is 0.493 e. The highest BCUT2D eigenvalue weighted by Crippen LogP contribution is 2.27. The van der Waals surface area contributed by atoms with Crippen LogP contribution in [0.2, 0.25) is 5.02 Å². The highest BCUT2D eigenvalue weighted by atomic mass is 35.5. The number of carbonyl (C=O) groups is 1. The average molecular weight is 466 g/mol. The second kappa shape index (κ2) is 10.1. The van der Waals surface area contributed by atoms with E-state index in [0.717, 1.165) is 5.56 Å². The molecule has 1 fully saturated rings. The van der Waals surface area contributed by atoms with Gasteiger partial charge in [0.15, 0.2) is 11.5 Å². The minimum atomic E-state index is -3.60. The average Bonchev–Trinajstić information content (AvgIpc) is 2.79. The maximum atomic E-state index is 12.7. The fourth-order valence-electron chi connectivity index (χ4n) is 3.31. The van der Waals surface area contributed by atoms with E-state index in [0.29, 0.717) is 29.4 Å². The fraction of sp³-hybridized carbons (Fsp3) is 0.333. The van der Waals surface area contributed by atoms with Crippen LogP contribution in [0.15, 0.2) is 52.5 Å². The molecular weight excluding hydrogens is 442 g/mol. The monoisotopic (exact) mass is 465 g/mol. The number of hydrazone groups is 1. The zero-order valence-corrected chi connectivity index (χ0v) is 18.8. The van der Waals surface area contributed by atoms with Crippen molar-refractivity contribution >= 4 is 33.7 Å². The smallest absolute Gasteiger partial charge is 0.243 e. The molecule has 0 spiro atoms. The summed E-state index contributed by atoms with van der Waals surface area (Å²) < 4.78 is 37.3. The summed E-state index contributed by atoms with van der Waals surface area (Å²) in [7, 11) is -0.507. The lowest BCUT2D eigenvalue weighted by atomic mass is 9.98. The Morgan fingerprint density at radius 2 is 1.74 bits per heavy atom. The summed E-state index contributed by atoms with van der Waals surface area (Å²) in [6.07, 6.45) is 2.36. The predicted molar refractivity (Wildman–Crippen MR) is 118 cm³/mol. The minimum Gasteiger partial charge on any atom is -0.493 e. The van der Waals surface area contributed by atoms with Gasteiger partial charge in [0, 0.05) is 24.0 Å². The molecule has 0 unspecified atom stereocenters. The van der Waals surface area contributed by atoms with Crippen molar-refractivity contribution in [2.75, 3.05) is 27.3 Å². The predicted octanol–water partition coefficient (Wildman–Crippen LogP) is 2.91. The molecule has 166 valence electrons. The van der Waals surface area contributed by atoms with E-state index in [1.165, 1.54) is 22.7 Å². The van der Waals surface area contributed by atoms with Crippen LogP contribution in [0, 0.1) is 5.92 Å². The van der Waals surface area contributed by atoms with Crippen molar-refractivity contribution in [3.8, 4) is 11.5 Å². The quantitative estimate of drug-likeness (QED) is 0.501. The molecule has 1 amide bonds. The Labute approximate surface area is 186 Å². The lowest BCUT2D eigenvalue weighted by Gasteiger charge is -2.30. The van der Waals surface area contributed by atoms with Gasteiger partial charge >= 0.3 is 0 Å². The summed E-state index contributed by atoms with van der Waals surface area (Å²) >= 11 is 5.83. The van der Waals surface area contributed by atoms with Gasteiger partial charge in [0.05, 0.1) is 25.3 Å². The summed E-state index contributed by atoms with van der Waals surface area (Å²) in [5.41, 5.74) is 3.27. The SMILES string of the molecule is COc1ccc(C=NNC(=O)C2CCN(S(=O)(=O)c3ccc(Cl)cc3)CC2)cc1OC. The highest BCUT2D eigenvalue weighted by Gasteiger charge is 2.32. The molecule has 0 aromatic heterocycles. The van der Waals surface area contributed by atoms with Gasteiger partial charge in [-0.15, -0.1) is 0 Å².